The largest absolute Gasteiger partial charge is 0.353 e. The molecule has 1 fully saturated rings. The zero-order chi connectivity index (χ0) is 19.7. The highest BCUT2D eigenvalue weighted by Gasteiger charge is 2.24. The van der Waals surface area contributed by atoms with Gasteiger partial charge in [0.05, 0.1) is 0 Å². The molecule has 1 aromatic heterocycles. The number of aryl methyl sites for hydroxylation is 1. The number of rotatable bonds is 3. The van der Waals surface area contributed by atoms with Crippen molar-refractivity contribution in [1.29, 1.82) is 0 Å². The maximum atomic E-state index is 12.9. The molecule has 7 heteroatoms. The van der Waals surface area contributed by atoms with Gasteiger partial charge < -0.3 is 15.1 Å². The third-order valence-corrected chi connectivity index (χ3v) is 5.29. The molecule has 2 aliphatic rings. The van der Waals surface area contributed by atoms with Gasteiger partial charge in [0.1, 0.15) is 5.82 Å². The highest BCUT2D eigenvalue weighted by molar-refractivity contribution is 5.98. The molecule has 2 amide bonds. The molecular formula is C21H22N4O3. The van der Waals surface area contributed by atoms with Crippen molar-refractivity contribution in [2.24, 2.45) is 0 Å². The summed E-state index contributed by atoms with van der Waals surface area (Å²) < 4.78 is 0. The van der Waals surface area contributed by atoms with Crippen molar-refractivity contribution in [1.82, 2.24) is 9.88 Å². The van der Waals surface area contributed by atoms with Crippen LogP contribution in [0.4, 0.5) is 11.5 Å². The van der Waals surface area contributed by atoms with E-state index in [1.807, 2.05) is 23.1 Å². The Hall–Kier alpha value is -3.22. The minimum Gasteiger partial charge on any atom is -0.353 e. The third-order valence-electron chi connectivity index (χ3n) is 5.29. The van der Waals surface area contributed by atoms with E-state index in [1.165, 1.54) is 6.92 Å². The first kappa shape index (κ1) is 18.2. The molecule has 0 spiro atoms. The van der Waals surface area contributed by atoms with Crippen molar-refractivity contribution in [3.05, 3.63) is 53.2 Å². The minimum absolute atomic E-state index is 0.000850. The number of ketones is 1. The van der Waals surface area contributed by atoms with E-state index in [0.29, 0.717) is 50.1 Å². The Morgan fingerprint density at radius 1 is 1.00 bits per heavy atom. The fourth-order valence-corrected chi connectivity index (χ4v) is 3.62. The van der Waals surface area contributed by atoms with Crippen LogP contribution in [0.3, 0.4) is 0 Å². The van der Waals surface area contributed by atoms with E-state index in [0.717, 1.165) is 17.1 Å². The normalized spacial score (nSPS) is 16.4. The maximum absolute atomic E-state index is 12.9. The average Bonchev–Trinajstić information content (AvgIpc) is 2.73. The standard InChI is InChI=1S/C21H22N4O3/c1-14(26)17-3-6-19(22-13-17)24-8-10-25(11-9-24)21(28)16-2-5-18-15(12-16)4-7-20(27)23-18/h2-3,5-6,12-13H,4,7-11H2,1H3,(H,23,27). The molecule has 7 nitrogen and oxygen atoms in total. The molecule has 0 radical (unpaired) electrons. The molecule has 1 N–H and O–H groups in total. The van der Waals surface area contributed by atoms with Gasteiger partial charge in [-0.15, -0.1) is 0 Å². The predicted molar refractivity (Wildman–Crippen MR) is 106 cm³/mol. The molecular weight excluding hydrogens is 356 g/mol. The van der Waals surface area contributed by atoms with Crippen molar-refractivity contribution < 1.29 is 14.4 Å². The van der Waals surface area contributed by atoms with E-state index in [2.05, 4.69) is 15.2 Å². The van der Waals surface area contributed by atoms with Crippen molar-refractivity contribution in [2.75, 3.05) is 36.4 Å². The van der Waals surface area contributed by atoms with Crippen LogP contribution in [0.1, 0.15) is 39.6 Å². The van der Waals surface area contributed by atoms with E-state index >= 15 is 0 Å². The van der Waals surface area contributed by atoms with Gasteiger partial charge in [-0.1, -0.05) is 0 Å². The number of nitrogens with one attached hydrogen (secondary N) is 1. The maximum Gasteiger partial charge on any atom is 0.253 e. The Morgan fingerprint density at radius 3 is 2.43 bits per heavy atom. The highest BCUT2D eigenvalue weighted by atomic mass is 16.2. The van der Waals surface area contributed by atoms with Gasteiger partial charge in [0.2, 0.25) is 5.91 Å². The summed E-state index contributed by atoms with van der Waals surface area (Å²) in [6, 6.07) is 9.13. The van der Waals surface area contributed by atoms with Gasteiger partial charge in [0, 0.05) is 55.6 Å². The zero-order valence-electron chi connectivity index (χ0n) is 15.8. The smallest absolute Gasteiger partial charge is 0.253 e. The molecule has 0 atom stereocenters. The van der Waals surface area contributed by atoms with Crippen LogP contribution in [-0.4, -0.2) is 53.7 Å². The number of fused-ring (bicyclic) bond motifs is 1. The third kappa shape index (κ3) is 3.60. The quantitative estimate of drug-likeness (QED) is 0.828. The van der Waals surface area contributed by atoms with Gasteiger partial charge in [0.15, 0.2) is 5.78 Å². The summed E-state index contributed by atoms with van der Waals surface area (Å²) in [4.78, 5) is 44.1. The second kappa shape index (κ2) is 7.42. The summed E-state index contributed by atoms with van der Waals surface area (Å²) in [5.41, 5.74) is 3.07. The number of aromatic nitrogens is 1. The molecule has 3 heterocycles. The number of hydrogen-bond acceptors (Lipinski definition) is 5. The van der Waals surface area contributed by atoms with Gasteiger partial charge in [0.25, 0.3) is 5.91 Å². The Bertz CT molecular complexity index is 931. The molecule has 0 saturated carbocycles. The number of carbonyl (C=O) groups excluding carboxylic acids is 3. The lowest BCUT2D eigenvalue weighted by molar-refractivity contribution is -0.116. The van der Waals surface area contributed by atoms with Crippen molar-refractivity contribution in [3.8, 4) is 0 Å². The number of piperazine rings is 1. The summed E-state index contributed by atoms with van der Waals surface area (Å²) in [6.45, 7) is 4.14. The minimum atomic E-state index is -0.000850. The predicted octanol–water partition coefficient (Wildman–Crippen LogP) is 2.13. The van der Waals surface area contributed by atoms with Gasteiger partial charge in [-0.2, -0.15) is 0 Å². The molecule has 0 aliphatic carbocycles. The first-order valence-electron chi connectivity index (χ1n) is 9.45. The molecule has 0 bridgehead atoms. The Labute approximate surface area is 163 Å². The van der Waals surface area contributed by atoms with Crippen molar-refractivity contribution >= 4 is 29.1 Å². The number of anilines is 2. The molecule has 4 rings (SSSR count). The fraction of sp³-hybridized carbons (Fsp3) is 0.333. The van der Waals surface area contributed by atoms with Gasteiger partial charge in [-0.25, -0.2) is 4.98 Å². The molecule has 1 saturated heterocycles. The number of carbonyl (C=O) groups is 3. The van der Waals surface area contributed by atoms with E-state index in [9.17, 15) is 14.4 Å². The Kier molecular flexibility index (Phi) is 4.81. The monoisotopic (exact) mass is 378 g/mol. The van der Waals surface area contributed by atoms with Crippen molar-refractivity contribution in [3.63, 3.8) is 0 Å². The summed E-state index contributed by atoms with van der Waals surface area (Å²) in [5, 5.41) is 2.84. The molecule has 2 aliphatic heterocycles. The number of pyridine rings is 1. The molecule has 0 unspecified atom stereocenters. The summed E-state index contributed by atoms with van der Waals surface area (Å²) in [6.07, 6.45) is 2.72. The number of Topliss-reactive ketones (excluding diaryl/α,β-unsaturated/α-hetero) is 1. The summed E-state index contributed by atoms with van der Waals surface area (Å²) in [5.74, 6) is 0.854. The van der Waals surface area contributed by atoms with E-state index in [-0.39, 0.29) is 17.6 Å². The van der Waals surface area contributed by atoms with Gasteiger partial charge in [-0.3, -0.25) is 14.4 Å². The second-order valence-electron chi connectivity index (χ2n) is 7.16. The number of hydrogen-bond donors (Lipinski definition) is 1. The SMILES string of the molecule is CC(=O)c1ccc(N2CCN(C(=O)c3ccc4c(c3)CCC(=O)N4)CC2)nc1. The number of amides is 2. The topological polar surface area (TPSA) is 82.6 Å². The van der Waals surface area contributed by atoms with Crippen LogP contribution in [0.15, 0.2) is 36.5 Å². The second-order valence-corrected chi connectivity index (χ2v) is 7.16. The lowest BCUT2D eigenvalue weighted by atomic mass is 10.00. The van der Waals surface area contributed by atoms with Crippen LogP contribution in [-0.2, 0) is 11.2 Å². The number of nitrogens with zero attached hydrogens (tertiary/aromatic N) is 3. The summed E-state index contributed by atoms with van der Waals surface area (Å²) in [7, 11) is 0. The van der Waals surface area contributed by atoms with Crippen molar-refractivity contribution in [2.45, 2.75) is 19.8 Å². The van der Waals surface area contributed by atoms with Gasteiger partial charge >= 0.3 is 0 Å². The molecule has 1 aromatic carbocycles. The van der Waals surface area contributed by atoms with Crippen LogP contribution in [0, 0.1) is 0 Å². The van der Waals surface area contributed by atoms with Crippen LogP contribution in [0.25, 0.3) is 0 Å². The fourth-order valence-electron chi connectivity index (χ4n) is 3.62. The Morgan fingerprint density at radius 2 is 1.75 bits per heavy atom. The number of benzene rings is 1. The average molecular weight is 378 g/mol. The lowest BCUT2D eigenvalue weighted by Gasteiger charge is -2.35. The summed E-state index contributed by atoms with van der Waals surface area (Å²) >= 11 is 0. The first-order chi connectivity index (χ1) is 13.5. The molecule has 2 aromatic rings. The highest BCUT2D eigenvalue weighted by Crippen LogP contribution is 2.24. The zero-order valence-corrected chi connectivity index (χ0v) is 15.8. The van der Waals surface area contributed by atoms with E-state index in [1.54, 1.807) is 18.3 Å². The van der Waals surface area contributed by atoms with Crippen LogP contribution >= 0.6 is 0 Å². The van der Waals surface area contributed by atoms with Crippen LogP contribution in [0.2, 0.25) is 0 Å². The molecule has 28 heavy (non-hydrogen) atoms. The van der Waals surface area contributed by atoms with Gasteiger partial charge in [-0.05, 0) is 49.2 Å². The van der Waals surface area contributed by atoms with E-state index in [4.69, 9.17) is 0 Å². The van der Waals surface area contributed by atoms with Crippen LogP contribution < -0.4 is 10.2 Å². The first-order valence-corrected chi connectivity index (χ1v) is 9.45. The molecule has 144 valence electrons. The Balaban J connectivity index is 1.40. The lowest BCUT2D eigenvalue weighted by Crippen LogP contribution is -2.49. The van der Waals surface area contributed by atoms with E-state index < -0.39 is 0 Å². The van der Waals surface area contributed by atoms with Crippen LogP contribution in [0.5, 0.6) is 0 Å².